The summed E-state index contributed by atoms with van der Waals surface area (Å²) in [5.41, 5.74) is 8.52. The number of rotatable bonds is 5. The average Bonchev–Trinajstić information content (AvgIpc) is 3.04. The first-order valence-electron chi connectivity index (χ1n) is 9.53. The van der Waals surface area contributed by atoms with Crippen molar-refractivity contribution >= 4 is 22.5 Å². The van der Waals surface area contributed by atoms with Gasteiger partial charge in [-0.05, 0) is 43.7 Å². The maximum absolute atomic E-state index is 12.6. The van der Waals surface area contributed by atoms with Crippen LogP contribution in [-0.2, 0) is 11.2 Å². The van der Waals surface area contributed by atoms with Crippen molar-refractivity contribution in [1.82, 2.24) is 15.0 Å². The molecule has 0 saturated carbocycles. The molecular weight excluding hydrogens is 360 g/mol. The van der Waals surface area contributed by atoms with Crippen molar-refractivity contribution in [1.29, 1.82) is 0 Å². The Balaban J connectivity index is 1.63. The Hall–Kier alpha value is -3.73. The number of pyridine rings is 1. The molecule has 0 aliphatic heterocycles. The van der Waals surface area contributed by atoms with E-state index in [1.165, 1.54) is 0 Å². The van der Waals surface area contributed by atoms with Gasteiger partial charge in [-0.1, -0.05) is 42.5 Å². The number of hydrogen-bond donors (Lipinski definition) is 1. The van der Waals surface area contributed by atoms with Crippen LogP contribution in [0.4, 0.5) is 0 Å². The van der Waals surface area contributed by atoms with Gasteiger partial charge in [0.05, 0.1) is 17.6 Å². The summed E-state index contributed by atoms with van der Waals surface area (Å²) in [5, 5.41) is 5.32. The minimum Gasteiger partial charge on any atom is -0.314 e. The van der Waals surface area contributed by atoms with Crippen molar-refractivity contribution in [3.8, 4) is 5.69 Å². The molecule has 1 amide bonds. The lowest BCUT2D eigenvalue weighted by Crippen LogP contribution is -2.21. The number of nitrogens with one attached hydrogen (secondary N) is 1. The van der Waals surface area contributed by atoms with Crippen LogP contribution in [0.3, 0.4) is 0 Å². The molecule has 0 aliphatic carbocycles. The molecule has 0 atom stereocenters. The highest BCUT2D eigenvalue weighted by atomic mass is 16.2. The summed E-state index contributed by atoms with van der Waals surface area (Å²) in [6.45, 7) is 3.91. The maximum Gasteiger partial charge on any atom is 0.244 e. The second-order valence-corrected chi connectivity index (χ2v) is 6.90. The molecule has 0 spiro atoms. The van der Waals surface area contributed by atoms with Crippen molar-refractivity contribution in [2.24, 2.45) is 5.10 Å². The fraction of sp³-hybridized carbons (Fsp3) is 0.125. The van der Waals surface area contributed by atoms with Crippen LogP contribution < -0.4 is 5.43 Å². The van der Waals surface area contributed by atoms with Crippen LogP contribution in [0.5, 0.6) is 0 Å². The number of carbonyl (C=O) groups is 1. The molecular formula is C24H22N4O. The summed E-state index contributed by atoms with van der Waals surface area (Å²) in [7, 11) is 0. The lowest BCUT2D eigenvalue weighted by molar-refractivity contribution is -0.120. The fourth-order valence-electron chi connectivity index (χ4n) is 3.55. The molecule has 144 valence electrons. The second-order valence-electron chi connectivity index (χ2n) is 6.90. The lowest BCUT2D eigenvalue weighted by Gasteiger charge is -2.08. The molecule has 4 rings (SSSR count). The van der Waals surface area contributed by atoms with Crippen molar-refractivity contribution in [2.45, 2.75) is 20.3 Å². The Morgan fingerprint density at radius 1 is 1.03 bits per heavy atom. The van der Waals surface area contributed by atoms with E-state index in [-0.39, 0.29) is 12.3 Å². The molecule has 2 aromatic carbocycles. The van der Waals surface area contributed by atoms with Crippen LogP contribution in [0, 0.1) is 6.92 Å². The number of hydrogen-bond acceptors (Lipinski definition) is 3. The Morgan fingerprint density at radius 2 is 1.79 bits per heavy atom. The fourth-order valence-corrected chi connectivity index (χ4v) is 3.55. The summed E-state index contributed by atoms with van der Waals surface area (Å²) in [5.74, 6) is -0.146. The monoisotopic (exact) mass is 382 g/mol. The molecule has 1 N–H and O–H groups in total. The van der Waals surface area contributed by atoms with Crippen LogP contribution in [0.25, 0.3) is 16.6 Å². The Morgan fingerprint density at radius 3 is 2.55 bits per heavy atom. The summed E-state index contributed by atoms with van der Waals surface area (Å²) in [6.07, 6.45) is 3.69. The first-order valence-corrected chi connectivity index (χ1v) is 9.53. The standard InChI is InChI=1S/C24H22N4O/c1-17(19-9-8-14-25-16-19)26-27-24(29)15-22-18(2)28(20-10-4-3-5-11-20)23-13-7-6-12-21(22)23/h3-14,16H,15H2,1-2H3,(H,27,29)/b26-17+. The molecule has 0 radical (unpaired) electrons. The largest absolute Gasteiger partial charge is 0.314 e. The molecule has 5 nitrogen and oxygen atoms in total. The third-order valence-electron chi connectivity index (χ3n) is 5.02. The van der Waals surface area contributed by atoms with E-state index < -0.39 is 0 Å². The maximum atomic E-state index is 12.6. The summed E-state index contributed by atoms with van der Waals surface area (Å²) >= 11 is 0. The first kappa shape index (κ1) is 18.6. The van der Waals surface area contributed by atoms with Crippen molar-refractivity contribution in [3.05, 3.63) is 95.9 Å². The Labute approximate surface area is 169 Å². The van der Waals surface area contributed by atoms with Gasteiger partial charge in [-0.15, -0.1) is 0 Å². The highest BCUT2D eigenvalue weighted by Gasteiger charge is 2.17. The molecule has 0 bridgehead atoms. The molecule has 0 fully saturated rings. The zero-order valence-electron chi connectivity index (χ0n) is 16.5. The van der Waals surface area contributed by atoms with Gasteiger partial charge in [-0.25, -0.2) is 5.43 Å². The molecule has 2 heterocycles. The van der Waals surface area contributed by atoms with E-state index in [1.54, 1.807) is 12.4 Å². The van der Waals surface area contributed by atoms with Gasteiger partial charge in [0, 0.05) is 34.7 Å². The van der Waals surface area contributed by atoms with Gasteiger partial charge in [0.15, 0.2) is 0 Å². The van der Waals surface area contributed by atoms with Crippen molar-refractivity contribution < 1.29 is 4.79 Å². The van der Waals surface area contributed by atoms with E-state index in [0.717, 1.165) is 39.1 Å². The number of nitrogens with zero attached hydrogens (tertiary/aromatic N) is 3. The van der Waals surface area contributed by atoms with Crippen LogP contribution in [0.2, 0.25) is 0 Å². The van der Waals surface area contributed by atoms with Crippen molar-refractivity contribution in [3.63, 3.8) is 0 Å². The van der Waals surface area contributed by atoms with Crippen LogP contribution in [-0.4, -0.2) is 21.2 Å². The second kappa shape index (κ2) is 8.10. The van der Waals surface area contributed by atoms with E-state index in [0.29, 0.717) is 0 Å². The van der Waals surface area contributed by atoms with E-state index in [1.807, 2.05) is 49.4 Å². The number of aromatic nitrogens is 2. The highest BCUT2D eigenvalue weighted by Crippen LogP contribution is 2.29. The number of benzene rings is 2. The van der Waals surface area contributed by atoms with Gasteiger partial charge in [0.1, 0.15) is 0 Å². The van der Waals surface area contributed by atoms with Crippen molar-refractivity contribution in [2.75, 3.05) is 0 Å². The topological polar surface area (TPSA) is 59.3 Å². The zero-order valence-corrected chi connectivity index (χ0v) is 16.5. The van der Waals surface area contributed by atoms with E-state index in [2.05, 4.69) is 51.3 Å². The van der Waals surface area contributed by atoms with E-state index in [4.69, 9.17) is 0 Å². The third-order valence-corrected chi connectivity index (χ3v) is 5.02. The summed E-state index contributed by atoms with van der Waals surface area (Å²) in [4.78, 5) is 16.7. The minimum atomic E-state index is -0.146. The van der Waals surface area contributed by atoms with Gasteiger partial charge in [0.25, 0.3) is 0 Å². The third kappa shape index (κ3) is 3.80. The minimum absolute atomic E-state index is 0.146. The number of fused-ring (bicyclic) bond motifs is 1. The molecule has 0 saturated heterocycles. The van der Waals surface area contributed by atoms with E-state index in [9.17, 15) is 4.79 Å². The van der Waals surface area contributed by atoms with Crippen LogP contribution >= 0.6 is 0 Å². The molecule has 2 aromatic heterocycles. The Bertz CT molecular complexity index is 1180. The number of carbonyl (C=O) groups excluding carboxylic acids is 1. The highest BCUT2D eigenvalue weighted by molar-refractivity contribution is 5.99. The number of para-hydroxylation sites is 2. The van der Waals surface area contributed by atoms with Crippen LogP contribution in [0.1, 0.15) is 23.7 Å². The van der Waals surface area contributed by atoms with Gasteiger partial charge < -0.3 is 4.57 Å². The predicted octanol–water partition coefficient (Wildman–Crippen LogP) is 4.42. The molecule has 4 aromatic rings. The van der Waals surface area contributed by atoms with E-state index >= 15 is 0 Å². The SMILES string of the molecule is C/C(=N\NC(=O)Cc1c(C)n(-c2ccccc2)c2ccccc12)c1cccnc1. The number of amides is 1. The zero-order chi connectivity index (χ0) is 20.2. The first-order chi connectivity index (χ1) is 14.1. The van der Waals surface area contributed by atoms with Gasteiger partial charge in [0.2, 0.25) is 5.91 Å². The lowest BCUT2D eigenvalue weighted by atomic mass is 10.1. The number of hydrazone groups is 1. The predicted molar refractivity (Wildman–Crippen MR) is 116 cm³/mol. The molecule has 0 unspecified atom stereocenters. The van der Waals surface area contributed by atoms with Gasteiger partial charge >= 0.3 is 0 Å². The van der Waals surface area contributed by atoms with Gasteiger partial charge in [-0.2, -0.15) is 5.10 Å². The quantitative estimate of drug-likeness (QED) is 0.410. The molecule has 0 aliphatic rings. The average molecular weight is 382 g/mol. The Kier molecular flexibility index (Phi) is 5.20. The smallest absolute Gasteiger partial charge is 0.244 e. The summed E-state index contributed by atoms with van der Waals surface area (Å²) < 4.78 is 2.20. The molecule has 5 heteroatoms. The molecule has 29 heavy (non-hydrogen) atoms. The summed E-state index contributed by atoms with van der Waals surface area (Å²) in [6, 6.07) is 22.1. The van der Waals surface area contributed by atoms with Gasteiger partial charge in [-0.3, -0.25) is 9.78 Å². The van der Waals surface area contributed by atoms with Crippen LogP contribution in [0.15, 0.2) is 84.2 Å². The normalized spacial score (nSPS) is 11.6.